The normalized spacial score (nSPS) is 10.4. The smallest absolute Gasteiger partial charge is 0.271 e. The molecule has 2 heterocycles. The topological polar surface area (TPSA) is 55.1 Å². The Morgan fingerprint density at radius 2 is 2.11 bits per heavy atom. The Kier molecular flexibility index (Phi) is 3.89. The summed E-state index contributed by atoms with van der Waals surface area (Å²) in [7, 11) is 0. The highest BCUT2D eigenvalue weighted by Crippen LogP contribution is 2.16. The second-order valence-corrected chi connectivity index (χ2v) is 4.45. The van der Waals surface area contributed by atoms with E-state index in [0.717, 1.165) is 5.76 Å². The molecule has 2 aromatic rings. The van der Waals surface area contributed by atoms with Crippen molar-refractivity contribution in [2.75, 3.05) is 0 Å². The number of halogens is 2. The van der Waals surface area contributed by atoms with Crippen molar-refractivity contribution in [2.24, 2.45) is 0 Å². The van der Waals surface area contributed by atoms with Crippen molar-refractivity contribution >= 4 is 29.1 Å². The van der Waals surface area contributed by atoms with Gasteiger partial charge in [0, 0.05) is 0 Å². The zero-order valence-electron chi connectivity index (χ0n) is 9.54. The van der Waals surface area contributed by atoms with E-state index in [0.29, 0.717) is 5.76 Å². The minimum absolute atomic E-state index is 0.104. The average molecular weight is 285 g/mol. The number of pyridine rings is 1. The molecule has 6 heteroatoms. The molecular formula is C12H10Cl2N2O2. The molecule has 0 aromatic carbocycles. The molecule has 0 spiro atoms. The van der Waals surface area contributed by atoms with Crippen LogP contribution in [0.25, 0.3) is 0 Å². The molecule has 2 rings (SSSR count). The predicted octanol–water partition coefficient (Wildman–Crippen LogP) is 3.22. The van der Waals surface area contributed by atoms with Crippen LogP contribution < -0.4 is 5.32 Å². The number of furan rings is 1. The maximum atomic E-state index is 11.8. The van der Waals surface area contributed by atoms with Crippen molar-refractivity contribution in [1.82, 2.24) is 10.3 Å². The Morgan fingerprint density at radius 3 is 2.78 bits per heavy atom. The summed E-state index contributed by atoms with van der Waals surface area (Å²) in [6.07, 6.45) is 0. The van der Waals surface area contributed by atoms with Gasteiger partial charge in [-0.05, 0) is 31.2 Å². The van der Waals surface area contributed by atoms with Crippen LogP contribution in [-0.4, -0.2) is 10.9 Å². The number of aromatic nitrogens is 1. The van der Waals surface area contributed by atoms with Gasteiger partial charge in [0.15, 0.2) is 0 Å². The van der Waals surface area contributed by atoms with Gasteiger partial charge in [0.25, 0.3) is 5.91 Å². The number of amides is 1. The van der Waals surface area contributed by atoms with Crippen LogP contribution >= 0.6 is 23.2 Å². The lowest BCUT2D eigenvalue weighted by Gasteiger charge is -2.04. The van der Waals surface area contributed by atoms with Crippen LogP contribution in [0, 0.1) is 6.92 Å². The van der Waals surface area contributed by atoms with Gasteiger partial charge in [-0.25, -0.2) is 4.98 Å². The first-order chi connectivity index (χ1) is 8.56. The summed E-state index contributed by atoms with van der Waals surface area (Å²) >= 11 is 11.6. The van der Waals surface area contributed by atoms with Gasteiger partial charge in [-0.15, -0.1) is 0 Å². The number of nitrogens with one attached hydrogen (secondary N) is 1. The monoisotopic (exact) mass is 284 g/mol. The van der Waals surface area contributed by atoms with Gasteiger partial charge in [0.05, 0.1) is 11.6 Å². The quantitative estimate of drug-likeness (QED) is 0.881. The van der Waals surface area contributed by atoms with Crippen LogP contribution in [0.2, 0.25) is 10.2 Å². The molecule has 4 nitrogen and oxygen atoms in total. The van der Waals surface area contributed by atoms with Crippen LogP contribution in [0.4, 0.5) is 0 Å². The van der Waals surface area contributed by atoms with Gasteiger partial charge in [0.1, 0.15) is 22.4 Å². The standard InChI is InChI=1S/C12H10Cl2N2O2/c1-7-2-3-8(18-7)6-15-12(17)11-9(13)4-5-10(14)16-11/h2-5H,6H2,1H3,(H,15,17). The highest BCUT2D eigenvalue weighted by atomic mass is 35.5. The van der Waals surface area contributed by atoms with Crippen molar-refractivity contribution in [1.29, 1.82) is 0 Å². The molecule has 0 unspecified atom stereocenters. The largest absolute Gasteiger partial charge is 0.465 e. The Hall–Kier alpha value is -1.52. The fourth-order valence-corrected chi connectivity index (χ4v) is 1.75. The molecule has 0 radical (unpaired) electrons. The molecule has 1 N–H and O–H groups in total. The first kappa shape index (κ1) is 12.9. The maximum absolute atomic E-state index is 11.8. The predicted molar refractivity (Wildman–Crippen MR) is 68.9 cm³/mol. The summed E-state index contributed by atoms with van der Waals surface area (Å²) in [5, 5.41) is 3.14. The van der Waals surface area contributed by atoms with Gasteiger partial charge >= 0.3 is 0 Å². The first-order valence-corrected chi connectivity index (χ1v) is 5.97. The van der Waals surface area contributed by atoms with Crippen molar-refractivity contribution in [3.05, 3.63) is 51.7 Å². The summed E-state index contributed by atoms with van der Waals surface area (Å²) in [5.41, 5.74) is 0.104. The van der Waals surface area contributed by atoms with E-state index >= 15 is 0 Å². The molecule has 2 aromatic heterocycles. The van der Waals surface area contributed by atoms with Crippen molar-refractivity contribution < 1.29 is 9.21 Å². The number of carbonyl (C=O) groups is 1. The van der Waals surface area contributed by atoms with E-state index in [-0.39, 0.29) is 22.4 Å². The van der Waals surface area contributed by atoms with E-state index in [1.165, 1.54) is 12.1 Å². The van der Waals surface area contributed by atoms with Gasteiger partial charge < -0.3 is 9.73 Å². The SMILES string of the molecule is Cc1ccc(CNC(=O)c2nc(Cl)ccc2Cl)o1. The number of nitrogens with zero attached hydrogens (tertiary/aromatic N) is 1. The molecule has 0 bridgehead atoms. The zero-order valence-corrected chi connectivity index (χ0v) is 11.0. The third-order valence-electron chi connectivity index (χ3n) is 2.25. The molecule has 1 amide bonds. The lowest BCUT2D eigenvalue weighted by Crippen LogP contribution is -2.24. The highest BCUT2D eigenvalue weighted by molar-refractivity contribution is 6.34. The van der Waals surface area contributed by atoms with Crippen molar-refractivity contribution in [2.45, 2.75) is 13.5 Å². The highest BCUT2D eigenvalue weighted by Gasteiger charge is 2.13. The Labute approximate surface area is 114 Å². The van der Waals surface area contributed by atoms with Crippen molar-refractivity contribution in [3.8, 4) is 0 Å². The molecule has 0 aliphatic heterocycles. The van der Waals surface area contributed by atoms with E-state index in [9.17, 15) is 4.79 Å². The lowest BCUT2D eigenvalue weighted by atomic mass is 10.3. The van der Waals surface area contributed by atoms with E-state index in [2.05, 4.69) is 10.3 Å². The van der Waals surface area contributed by atoms with Crippen LogP contribution in [-0.2, 0) is 6.54 Å². The summed E-state index contributed by atoms with van der Waals surface area (Å²) in [4.78, 5) is 15.7. The van der Waals surface area contributed by atoms with Gasteiger partial charge in [-0.1, -0.05) is 23.2 Å². The summed E-state index contributed by atoms with van der Waals surface area (Å²) in [6, 6.07) is 6.67. The van der Waals surface area contributed by atoms with E-state index in [4.69, 9.17) is 27.6 Å². The number of carbonyl (C=O) groups excluding carboxylic acids is 1. The third-order valence-corrected chi connectivity index (χ3v) is 2.76. The Morgan fingerprint density at radius 1 is 1.33 bits per heavy atom. The summed E-state index contributed by atoms with van der Waals surface area (Å²) in [6.45, 7) is 2.11. The molecule has 0 saturated heterocycles. The Bertz CT molecular complexity index is 581. The maximum Gasteiger partial charge on any atom is 0.271 e. The lowest BCUT2D eigenvalue weighted by molar-refractivity contribution is 0.0943. The van der Waals surface area contributed by atoms with E-state index in [1.807, 2.05) is 13.0 Å². The third kappa shape index (κ3) is 3.03. The minimum Gasteiger partial charge on any atom is -0.465 e. The summed E-state index contributed by atoms with van der Waals surface area (Å²) in [5.74, 6) is 1.06. The second kappa shape index (κ2) is 5.42. The van der Waals surface area contributed by atoms with Gasteiger partial charge in [0.2, 0.25) is 0 Å². The van der Waals surface area contributed by atoms with Crippen molar-refractivity contribution in [3.63, 3.8) is 0 Å². The van der Waals surface area contributed by atoms with Gasteiger partial charge in [-0.2, -0.15) is 0 Å². The van der Waals surface area contributed by atoms with E-state index < -0.39 is 5.91 Å². The minimum atomic E-state index is -0.392. The number of rotatable bonds is 3. The fraction of sp³-hybridized carbons (Fsp3) is 0.167. The van der Waals surface area contributed by atoms with Crippen LogP contribution in [0.15, 0.2) is 28.7 Å². The van der Waals surface area contributed by atoms with Gasteiger partial charge in [-0.3, -0.25) is 4.79 Å². The second-order valence-electron chi connectivity index (χ2n) is 3.66. The van der Waals surface area contributed by atoms with E-state index in [1.54, 1.807) is 6.07 Å². The zero-order chi connectivity index (χ0) is 13.1. The molecular weight excluding hydrogens is 275 g/mol. The van der Waals surface area contributed by atoms with Crippen LogP contribution in [0.5, 0.6) is 0 Å². The Balaban J connectivity index is 2.05. The molecule has 0 saturated carbocycles. The molecule has 0 aliphatic rings. The molecule has 0 aliphatic carbocycles. The van der Waals surface area contributed by atoms with Crippen LogP contribution in [0.1, 0.15) is 22.0 Å². The molecule has 94 valence electrons. The fourth-order valence-electron chi connectivity index (χ4n) is 1.41. The first-order valence-electron chi connectivity index (χ1n) is 5.22. The molecule has 0 atom stereocenters. The number of aryl methyl sites for hydroxylation is 1. The number of hydrogen-bond donors (Lipinski definition) is 1. The average Bonchev–Trinajstić information content (AvgIpc) is 2.75. The molecule has 18 heavy (non-hydrogen) atoms. The summed E-state index contributed by atoms with van der Waals surface area (Å²) < 4.78 is 5.33. The molecule has 0 fully saturated rings. The van der Waals surface area contributed by atoms with Crippen LogP contribution in [0.3, 0.4) is 0 Å². The number of hydrogen-bond acceptors (Lipinski definition) is 3.